The number of aromatic nitrogens is 2. The molecule has 1 heterocycles. The van der Waals surface area contributed by atoms with Gasteiger partial charge >= 0.3 is 0 Å². The summed E-state index contributed by atoms with van der Waals surface area (Å²) >= 11 is 11.9. The zero-order valence-electron chi connectivity index (χ0n) is 11.1. The van der Waals surface area contributed by atoms with E-state index in [0.29, 0.717) is 18.8 Å². The van der Waals surface area contributed by atoms with E-state index in [9.17, 15) is 8.42 Å². The fraction of sp³-hybridized carbons (Fsp3) is 0.250. The SMILES string of the molecule is Cn1nccc1CCOc1cc(Cl)c(S(N)(=O)=O)cc1Cl. The van der Waals surface area contributed by atoms with Crippen LogP contribution < -0.4 is 9.88 Å². The molecule has 0 amide bonds. The van der Waals surface area contributed by atoms with Crippen LogP contribution in [-0.2, 0) is 23.5 Å². The molecule has 2 rings (SSSR count). The maximum absolute atomic E-state index is 11.3. The lowest BCUT2D eigenvalue weighted by Crippen LogP contribution is -2.13. The summed E-state index contributed by atoms with van der Waals surface area (Å²) in [6.07, 6.45) is 2.32. The Balaban J connectivity index is 2.11. The van der Waals surface area contributed by atoms with Crippen LogP contribution >= 0.6 is 23.2 Å². The van der Waals surface area contributed by atoms with Crippen molar-refractivity contribution in [2.45, 2.75) is 11.3 Å². The van der Waals surface area contributed by atoms with Crippen LogP contribution in [0.3, 0.4) is 0 Å². The van der Waals surface area contributed by atoms with E-state index in [2.05, 4.69) is 5.10 Å². The highest BCUT2D eigenvalue weighted by atomic mass is 35.5. The van der Waals surface area contributed by atoms with Crippen LogP contribution in [-0.4, -0.2) is 24.8 Å². The van der Waals surface area contributed by atoms with Crippen LogP contribution in [0.15, 0.2) is 29.3 Å². The highest BCUT2D eigenvalue weighted by molar-refractivity contribution is 7.89. The largest absolute Gasteiger partial charge is 0.492 e. The first-order valence-electron chi connectivity index (χ1n) is 5.90. The molecule has 0 radical (unpaired) electrons. The second-order valence-electron chi connectivity index (χ2n) is 4.30. The number of aryl methyl sites for hydroxylation is 1. The van der Waals surface area contributed by atoms with Crippen LogP contribution in [0.2, 0.25) is 10.0 Å². The predicted octanol–water partition coefficient (Wildman–Crippen LogP) is 2.00. The molecule has 21 heavy (non-hydrogen) atoms. The van der Waals surface area contributed by atoms with Gasteiger partial charge < -0.3 is 4.74 Å². The van der Waals surface area contributed by atoms with Crippen molar-refractivity contribution in [2.24, 2.45) is 12.2 Å². The van der Waals surface area contributed by atoms with Crippen LogP contribution in [0.25, 0.3) is 0 Å². The van der Waals surface area contributed by atoms with E-state index < -0.39 is 10.0 Å². The molecule has 6 nitrogen and oxygen atoms in total. The highest BCUT2D eigenvalue weighted by Crippen LogP contribution is 2.33. The summed E-state index contributed by atoms with van der Waals surface area (Å²) in [5.41, 5.74) is 0.998. The summed E-state index contributed by atoms with van der Waals surface area (Å²) in [6.45, 7) is 0.351. The topological polar surface area (TPSA) is 87.2 Å². The van der Waals surface area contributed by atoms with E-state index in [0.717, 1.165) is 5.69 Å². The molecule has 2 N–H and O–H groups in total. The summed E-state index contributed by atoms with van der Waals surface area (Å²) in [4.78, 5) is -0.229. The Hall–Kier alpha value is -1.28. The second-order valence-corrected chi connectivity index (χ2v) is 6.65. The zero-order chi connectivity index (χ0) is 15.6. The molecule has 0 aliphatic heterocycles. The molecule has 0 fully saturated rings. The molecular formula is C12H13Cl2N3O3S. The van der Waals surface area contributed by atoms with E-state index in [4.69, 9.17) is 33.1 Å². The minimum Gasteiger partial charge on any atom is -0.492 e. The van der Waals surface area contributed by atoms with E-state index in [1.54, 1.807) is 10.9 Å². The summed E-state index contributed by atoms with van der Waals surface area (Å²) in [7, 11) is -2.08. The van der Waals surface area contributed by atoms with Gasteiger partial charge in [-0.1, -0.05) is 23.2 Å². The number of halogens is 2. The summed E-state index contributed by atoms with van der Waals surface area (Å²) < 4.78 is 29.9. The number of nitrogens with zero attached hydrogens (tertiary/aromatic N) is 2. The molecule has 0 aliphatic rings. The first-order valence-corrected chi connectivity index (χ1v) is 8.21. The molecule has 1 aromatic carbocycles. The van der Waals surface area contributed by atoms with Crippen molar-refractivity contribution in [1.29, 1.82) is 0 Å². The van der Waals surface area contributed by atoms with E-state index in [-0.39, 0.29) is 14.9 Å². The van der Waals surface area contributed by atoms with Crippen molar-refractivity contribution in [2.75, 3.05) is 6.61 Å². The first kappa shape index (κ1) is 16.1. The van der Waals surface area contributed by atoms with Gasteiger partial charge in [-0.25, -0.2) is 13.6 Å². The standard InChI is InChI=1S/C12H13Cl2N3O3S/c1-17-8(2-4-16-17)3-5-20-11-6-10(14)12(7-9(11)13)21(15,18)19/h2,4,6-7H,3,5H2,1H3,(H2,15,18,19). The van der Waals surface area contributed by atoms with Gasteiger partial charge in [0.15, 0.2) is 0 Å². The van der Waals surface area contributed by atoms with Gasteiger partial charge in [-0.2, -0.15) is 5.10 Å². The Morgan fingerprint density at radius 2 is 2.05 bits per heavy atom. The van der Waals surface area contributed by atoms with Crippen molar-refractivity contribution in [1.82, 2.24) is 9.78 Å². The second kappa shape index (κ2) is 6.23. The summed E-state index contributed by atoms with van der Waals surface area (Å²) in [6, 6.07) is 4.40. The molecule has 0 unspecified atom stereocenters. The van der Waals surface area contributed by atoms with Crippen molar-refractivity contribution in [3.05, 3.63) is 40.1 Å². The number of primary sulfonamides is 1. The maximum atomic E-state index is 11.3. The van der Waals surface area contributed by atoms with Crippen LogP contribution in [0, 0.1) is 0 Å². The number of benzene rings is 1. The number of nitrogens with two attached hydrogens (primary N) is 1. The fourth-order valence-electron chi connectivity index (χ4n) is 1.75. The molecule has 114 valence electrons. The molecule has 0 saturated carbocycles. The third-order valence-electron chi connectivity index (χ3n) is 2.83. The van der Waals surface area contributed by atoms with Crippen LogP contribution in [0.4, 0.5) is 0 Å². The van der Waals surface area contributed by atoms with Crippen molar-refractivity contribution in [3.8, 4) is 5.75 Å². The van der Waals surface area contributed by atoms with Gasteiger partial charge in [-0.05, 0) is 12.1 Å². The molecule has 0 saturated heterocycles. The van der Waals surface area contributed by atoms with E-state index in [1.807, 2.05) is 13.1 Å². The van der Waals surface area contributed by atoms with E-state index >= 15 is 0 Å². The molecule has 2 aromatic rings. The minimum absolute atomic E-state index is 0.0302. The monoisotopic (exact) mass is 349 g/mol. The molecule has 0 bridgehead atoms. The number of rotatable bonds is 5. The van der Waals surface area contributed by atoms with E-state index in [1.165, 1.54) is 12.1 Å². The van der Waals surface area contributed by atoms with Gasteiger partial charge in [0, 0.05) is 31.4 Å². The van der Waals surface area contributed by atoms with Gasteiger partial charge in [0.2, 0.25) is 10.0 Å². The molecular weight excluding hydrogens is 337 g/mol. The zero-order valence-corrected chi connectivity index (χ0v) is 13.4. The summed E-state index contributed by atoms with van der Waals surface area (Å²) in [5.74, 6) is 0.302. The van der Waals surface area contributed by atoms with Gasteiger partial charge in [-0.3, -0.25) is 4.68 Å². The van der Waals surface area contributed by atoms with Crippen molar-refractivity contribution in [3.63, 3.8) is 0 Å². The van der Waals surface area contributed by atoms with Crippen molar-refractivity contribution >= 4 is 33.2 Å². The quantitative estimate of drug-likeness (QED) is 0.893. The van der Waals surface area contributed by atoms with Gasteiger partial charge in [0.05, 0.1) is 16.7 Å². The Morgan fingerprint density at radius 1 is 1.33 bits per heavy atom. The van der Waals surface area contributed by atoms with Gasteiger partial charge in [-0.15, -0.1) is 0 Å². The lowest BCUT2D eigenvalue weighted by molar-refractivity contribution is 0.318. The first-order chi connectivity index (χ1) is 9.79. The Morgan fingerprint density at radius 3 is 2.62 bits per heavy atom. The molecule has 0 spiro atoms. The lowest BCUT2D eigenvalue weighted by Gasteiger charge is -2.10. The van der Waals surface area contributed by atoms with Crippen LogP contribution in [0.5, 0.6) is 5.75 Å². The number of hydrogen-bond acceptors (Lipinski definition) is 4. The van der Waals surface area contributed by atoms with Crippen molar-refractivity contribution < 1.29 is 13.2 Å². The van der Waals surface area contributed by atoms with Crippen LogP contribution in [0.1, 0.15) is 5.69 Å². The van der Waals surface area contributed by atoms with Gasteiger partial charge in [0.25, 0.3) is 0 Å². The Bertz CT molecular complexity index is 759. The van der Waals surface area contributed by atoms with Gasteiger partial charge in [0.1, 0.15) is 10.6 Å². The fourth-order valence-corrected chi connectivity index (χ4v) is 3.12. The average molecular weight is 350 g/mol. The lowest BCUT2D eigenvalue weighted by atomic mass is 10.3. The smallest absolute Gasteiger partial charge is 0.239 e. The minimum atomic E-state index is -3.92. The molecule has 1 aromatic heterocycles. The maximum Gasteiger partial charge on any atom is 0.239 e. The number of hydrogen-bond donors (Lipinski definition) is 1. The average Bonchev–Trinajstić information content (AvgIpc) is 2.77. The predicted molar refractivity (Wildman–Crippen MR) is 80.2 cm³/mol. The third kappa shape index (κ3) is 3.88. The Labute approximate surface area is 132 Å². The highest BCUT2D eigenvalue weighted by Gasteiger charge is 2.16. The number of sulfonamides is 1. The summed E-state index contributed by atoms with van der Waals surface area (Å²) in [5, 5.41) is 9.18. The normalized spacial score (nSPS) is 11.6. The molecule has 9 heteroatoms. The molecule has 0 aliphatic carbocycles. The molecule has 0 atom stereocenters. The Kier molecular flexibility index (Phi) is 4.77. The number of ether oxygens (including phenoxy) is 1. The third-order valence-corrected chi connectivity index (χ3v) is 4.50.